The maximum absolute atomic E-state index is 13.4. The summed E-state index contributed by atoms with van der Waals surface area (Å²) in [6.07, 6.45) is 9.94. The van der Waals surface area contributed by atoms with Crippen LogP contribution >= 0.6 is 27.7 Å². The second kappa shape index (κ2) is 5.81. The normalized spacial score (nSPS) is 37.8. The fraction of sp³-hybridized carbons (Fsp3) is 0.737. The molecule has 0 radical (unpaired) electrons. The second-order valence-corrected chi connectivity index (χ2v) is 9.95. The number of carbonyl (C=O) groups excluding carboxylic acids is 1. The molecule has 2 bridgehead atoms. The molecule has 0 aromatic rings. The molecule has 22 heavy (non-hydrogen) atoms. The highest BCUT2D eigenvalue weighted by atomic mass is 79.9. The van der Waals surface area contributed by atoms with Gasteiger partial charge in [-0.3, -0.25) is 4.79 Å². The number of rotatable bonds is 3. The lowest BCUT2D eigenvalue weighted by Crippen LogP contribution is -2.41. The first-order chi connectivity index (χ1) is 10.3. The summed E-state index contributed by atoms with van der Waals surface area (Å²) >= 11 is 5.59. The van der Waals surface area contributed by atoms with Gasteiger partial charge >= 0.3 is 0 Å². The maximum Gasteiger partial charge on any atom is 0.153 e. The minimum Gasteiger partial charge on any atom is -0.298 e. The summed E-state index contributed by atoms with van der Waals surface area (Å²) in [6.45, 7) is 8.98. The molecular weight excluding hydrogens is 356 g/mol. The summed E-state index contributed by atoms with van der Waals surface area (Å²) in [5, 5.41) is 0. The van der Waals surface area contributed by atoms with Crippen molar-refractivity contribution in [3.05, 3.63) is 22.2 Å². The molecule has 1 nitrogen and oxygen atoms in total. The van der Waals surface area contributed by atoms with Gasteiger partial charge in [0.25, 0.3) is 0 Å². The van der Waals surface area contributed by atoms with Crippen LogP contribution in [-0.4, -0.2) is 16.8 Å². The van der Waals surface area contributed by atoms with Crippen molar-refractivity contribution in [3.63, 3.8) is 0 Å². The van der Waals surface area contributed by atoms with Crippen LogP contribution in [0.2, 0.25) is 0 Å². The zero-order valence-electron chi connectivity index (χ0n) is 14.0. The minimum absolute atomic E-state index is 0.0666. The molecule has 2 fully saturated rings. The maximum atomic E-state index is 13.4. The van der Waals surface area contributed by atoms with Gasteiger partial charge in [0.15, 0.2) is 5.78 Å². The lowest BCUT2D eigenvalue weighted by Gasteiger charge is -2.43. The highest BCUT2D eigenvalue weighted by molar-refractivity contribution is 9.11. The Kier molecular flexibility index (Phi) is 4.44. The Bertz CT molecular complexity index is 548. The predicted molar refractivity (Wildman–Crippen MR) is 99.4 cm³/mol. The van der Waals surface area contributed by atoms with E-state index in [4.69, 9.17) is 0 Å². The van der Waals surface area contributed by atoms with Crippen molar-refractivity contribution in [2.75, 3.05) is 6.26 Å². The van der Waals surface area contributed by atoms with Gasteiger partial charge in [0.2, 0.25) is 0 Å². The molecule has 0 heterocycles. The Balaban J connectivity index is 2.04. The van der Waals surface area contributed by atoms with E-state index >= 15 is 0 Å². The lowest BCUT2D eigenvalue weighted by molar-refractivity contribution is -0.123. The number of fused-ring (bicyclic) bond motifs is 2. The molecule has 0 spiro atoms. The molecule has 2 saturated carbocycles. The first-order valence-electron chi connectivity index (χ1n) is 8.48. The molecule has 0 N–H and O–H groups in total. The van der Waals surface area contributed by atoms with Crippen LogP contribution in [0.5, 0.6) is 0 Å². The number of hydrogen-bond acceptors (Lipinski definition) is 2. The van der Waals surface area contributed by atoms with Crippen molar-refractivity contribution >= 4 is 33.5 Å². The van der Waals surface area contributed by atoms with E-state index in [0.717, 1.165) is 32.1 Å². The van der Waals surface area contributed by atoms with E-state index in [-0.39, 0.29) is 16.1 Å². The number of carbonyl (C=O) groups is 1. The zero-order chi connectivity index (χ0) is 16.1. The third-order valence-electron chi connectivity index (χ3n) is 6.35. The van der Waals surface area contributed by atoms with Crippen molar-refractivity contribution in [1.82, 2.24) is 0 Å². The topological polar surface area (TPSA) is 17.1 Å². The Morgan fingerprint density at radius 2 is 1.95 bits per heavy atom. The average molecular weight is 383 g/mol. The Morgan fingerprint density at radius 3 is 2.59 bits per heavy atom. The van der Waals surface area contributed by atoms with Crippen molar-refractivity contribution in [1.29, 1.82) is 0 Å². The first-order valence-corrected chi connectivity index (χ1v) is 10.5. The molecular formula is C19H27BrOS. The first kappa shape index (κ1) is 16.8. The van der Waals surface area contributed by atoms with Crippen LogP contribution in [0.1, 0.15) is 58.8 Å². The number of halogens is 1. The summed E-state index contributed by atoms with van der Waals surface area (Å²) in [7, 11) is 0. The lowest BCUT2D eigenvalue weighted by atomic mass is 9.64. The van der Waals surface area contributed by atoms with E-state index in [0.29, 0.717) is 11.7 Å². The number of ketones is 1. The largest absolute Gasteiger partial charge is 0.298 e. The average Bonchev–Trinajstić information content (AvgIpc) is 2.55. The molecule has 0 aliphatic heterocycles. The monoisotopic (exact) mass is 382 g/mol. The van der Waals surface area contributed by atoms with Gasteiger partial charge in [-0.15, -0.1) is 11.8 Å². The summed E-state index contributed by atoms with van der Waals surface area (Å²) in [4.78, 5) is 13.4. The van der Waals surface area contributed by atoms with Gasteiger partial charge in [0, 0.05) is 11.8 Å². The smallest absolute Gasteiger partial charge is 0.153 e. The number of hydrogen-bond donors (Lipinski definition) is 0. The molecule has 3 aliphatic rings. The summed E-state index contributed by atoms with van der Waals surface area (Å²) in [5.74, 6) is 1.06. The molecule has 122 valence electrons. The molecule has 3 unspecified atom stereocenters. The van der Waals surface area contributed by atoms with Gasteiger partial charge in [-0.25, -0.2) is 0 Å². The van der Waals surface area contributed by atoms with Crippen LogP contribution in [0.25, 0.3) is 0 Å². The van der Waals surface area contributed by atoms with Crippen LogP contribution in [0, 0.1) is 17.3 Å². The third-order valence-corrected chi connectivity index (χ3v) is 8.62. The van der Waals surface area contributed by atoms with E-state index in [1.165, 1.54) is 28.5 Å². The van der Waals surface area contributed by atoms with Crippen LogP contribution < -0.4 is 0 Å². The van der Waals surface area contributed by atoms with Gasteiger partial charge in [0.1, 0.15) is 0 Å². The molecule has 0 amide bonds. The standard InChI is InChI=1S/C19H27BrOS/c1-12-9-10-14-17(21)19(22-4,16(12)18(14,2)3)11-13-7-5-6-8-15(13)20/h14,16H,1,5-11H2,2-4H3. The second-order valence-electron chi connectivity index (χ2n) is 7.85. The van der Waals surface area contributed by atoms with Crippen LogP contribution in [0.4, 0.5) is 0 Å². The molecule has 3 rings (SSSR count). The van der Waals surface area contributed by atoms with Gasteiger partial charge in [-0.1, -0.05) is 47.5 Å². The van der Waals surface area contributed by atoms with Gasteiger partial charge in [-0.05, 0) is 61.1 Å². The fourth-order valence-corrected chi connectivity index (χ4v) is 7.31. The Labute approximate surface area is 147 Å². The van der Waals surface area contributed by atoms with Crippen LogP contribution in [-0.2, 0) is 4.79 Å². The molecule has 0 saturated heterocycles. The van der Waals surface area contributed by atoms with Gasteiger partial charge in [0.05, 0.1) is 4.75 Å². The van der Waals surface area contributed by atoms with Crippen molar-refractivity contribution < 1.29 is 4.79 Å². The quantitative estimate of drug-likeness (QED) is 0.565. The zero-order valence-corrected chi connectivity index (χ0v) is 16.4. The molecule has 0 aromatic carbocycles. The molecule has 3 heteroatoms. The number of thioether (sulfide) groups is 1. The van der Waals surface area contributed by atoms with Crippen LogP contribution in [0.3, 0.4) is 0 Å². The fourth-order valence-electron chi connectivity index (χ4n) is 5.32. The summed E-state index contributed by atoms with van der Waals surface area (Å²) in [6, 6.07) is 0. The summed E-state index contributed by atoms with van der Waals surface area (Å²) < 4.78 is 1.10. The molecule has 0 aromatic heterocycles. The molecule has 3 atom stereocenters. The predicted octanol–water partition coefficient (Wildman–Crippen LogP) is 5.89. The van der Waals surface area contributed by atoms with Crippen molar-refractivity contribution in [2.45, 2.75) is 63.5 Å². The van der Waals surface area contributed by atoms with E-state index in [1.54, 1.807) is 11.8 Å². The Hall–Kier alpha value is -0.0200. The highest BCUT2D eigenvalue weighted by Gasteiger charge is 2.65. The number of allylic oxidation sites excluding steroid dienone is 3. The van der Waals surface area contributed by atoms with E-state index in [1.807, 2.05) is 0 Å². The molecule has 3 aliphatic carbocycles. The van der Waals surface area contributed by atoms with Crippen molar-refractivity contribution in [2.24, 2.45) is 17.3 Å². The van der Waals surface area contributed by atoms with E-state index < -0.39 is 0 Å². The summed E-state index contributed by atoms with van der Waals surface area (Å²) in [5.41, 5.74) is 2.87. The highest BCUT2D eigenvalue weighted by Crippen LogP contribution is 2.64. The van der Waals surface area contributed by atoms with Crippen LogP contribution in [0.15, 0.2) is 22.2 Å². The van der Waals surface area contributed by atoms with Crippen molar-refractivity contribution in [3.8, 4) is 0 Å². The number of Topliss-reactive ketones (excluding diaryl/α,β-unsaturated/α-hetero) is 1. The van der Waals surface area contributed by atoms with E-state index in [2.05, 4.69) is 42.6 Å². The van der Waals surface area contributed by atoms with Gasteiger partial charge < -0.3 is 0 Å². The Morgan fingerprint density at radius 1 is 1.27 bits per heavy atom. The SMILES string of the molecule is C=C1CCC2C(=O)C(CC3=C(Br)CCCC3)(SC)C1C2(C)C. The minimum atomic E-state index is -0.270. The van der Waals surface area contributed by atoms with Gasteiger partial charge in [-0.2, -0.15) is 0 Å². The third kappa shape index (κ3) is 2.30. The van der Waals surface area contributed by atoms with E-state index in [9.17, 15) is 4.79 Å².